The van der Waals surface area contributed by atoms with Gasteiger partial charge in [0.2, 0.25) is 0 Å². The molecule has 1 heteroatoms. The van der Waals surface area contributed by atoms with Crippen molar-refractivity contribution in [3.63, 3.8) is 0 Å². The highest BCUT2D eigenvalue weighted by Gasteiger charge is 2.19. The molecule has 1 aliphatic carbocycles. The normalized spacial score (nSPS) is 19.4. The van der Waals surface area contributed by atoms with Crippen LogP contribution >= 0.6 is 0 Å². The van der Waals surface area contributed by atoms with Gasteiger partial charge in [0.25, 0.3) is 0 Å². The second-order valence-corrected chi connectivity index (χ2v) is 6.55. The summed E-state index contributed by atoms with van der Waals surface area (Å²) >= 11 is 0. The van der Waals surface area contributed by atoms with Crippen molar-refractivity contribution in [2.24, 2.45) is 11.8 Å². The van der Waals surface area contributed by atoms with Gasteiger partial charge in [-0.3, -0.25) is 4.79 Å². The summed E-state index contributed by atoms with van der Waals surface area (Å²) in [5.41, 5.74) is 4.47. The molecule has 0 radical (unpaired) electrons. The number of Topliss-reactive ketones (excluding diaryl/α,β-unsaturated/α-hetero) is 1. The largest absolute Gasteiger partial charge is 0.299 e. The third-order valence-corrected chi connectivity index (χ3v) is 4.89. The summed E-state index contributed by atoms with van der Waals surface area (Å²) in [5, 5.41) is 0. The highest BCUT2D eigenvalue weighted by molar-refractivity contribution is 5.80. The SMILES string of the molecule is CCC(C)C(=O)CCCC1CCc2cc(C)ccc2C1. The quantitative estimate of drug-likeness (QED) is 0.721. The Hall–Kier alpha value is -1.11. The minimum Gasteiger partial charge on any atom is -0.299 e. The first-order valence-corrected chi connectivity index (χ1v) is 8.21. The molecular formula is C19H28O. The van der Waals surface area contributed by atoms with Gasteiger partial charge in [-0.15, -0.1) is 0 Å². The van der Waals surface area contributed by atoms with Crippen LogP contribution in [0.3, 0.4) is 0 Å². The summed E-state index contributed by atoms with van der Waals surface area (Å²) in [6, 6.07) is 6.88. The minimum absolute atomic E-state index is 0.255. The number of hydrogen-bond donors (Lipinski definition) is 0. The fraction of sp³-hybridized carbons (Fsp3) is 0.632. The van der Waals surface area contributed by atoms with Crippen LogP contribution in [-0.2, 0) is 17.6 Å². The second-order valence-electron chi connectivity index (χ2n) is 6.55. The van der Waals surface area contributed by atoms with Gasteiger partial charge < -0.3 is 0 Å². The molecule has 0 fully saturated rings. The Labute approximate surface area is 123 Å². The molecule has 0 amide bonds. The van der Waals surface area contributed by atoms with Crippen molar-refractivity contribution in [2.45, 2.75) is 65.7 Å². The van der Waals surface area contributed by atoms with E-state index in [0.717, 1.165) is 25.2 Å². The van der Waals surface area contributed by atoms with Gasteiger partial charge in [0, 0.05) is 12.3 Å². The van der Waals surface area contributed by atoms with E-state index in [1.165, 1.54) is 31.2 Å². The Balaban J connectivity index is 1.79. The van der Waals surface area contributed by atoms with Crippen LogP contribution in [-0.4, -0.2) is 5.78 Å². The highest BCUT2D eigenvalue weighted by Crippen LogP contribution is 2.29. The molecule has 0 spiro atoms. The molecule has 0 heterocycles. The van der Waals surface area contributed by atoms with Crippen LogP contribution in [0.5, 0.6) is 0 Å². The zero-order valence-corrected chi connectivity index (χ0v) is 13.2. The third-order valence-electron chi connectivity index (χ3n) is 4.89. The molecule has 1 aromatic carbocycles. The number of fused-ring (bicyclic) bond motifs is 1. The van der Waals surface area contributed by atoms with Crippen molar-refractivity contribution in [3.05, 3.63) is 34.9 Å². The van der Waals surface area contributed by atoms with Gasteiger partial charge in [-0.05, 0) is 62.5 Å². The van der Waals surface area contributed by atoms with Gasteiger partial charge in [0.15, 0.2) is 0 Å². The van der Waals surface area contributed by atoms with Crippen LogP contribution in [0.1, 0.15) is 62.6 Å². The minimum atomic E-state index is 0.255. The average molecular weight is 272 g/mol. The second kappa shape index (κ2) is 7.06. The number of carbonyl (C=O) groups is 1. The van der Waals surface area contributed by atoms with Gasteiger partial charge >= 0.3 is 0 Å². The van der Waals surface area contributed by atoms with Crippen LogP contribution in [0, 0.1) is 18.8 Å². The van der Waals surface area contributed by atoms with Crippen LogP contribution in [0.4, 0.5) is 0 Å². The molecule has 0 saturated heterocycles. The molecule has 0 aromatic heterocycles. The molecule has 0 aliphatic heterocycles. The summed E-state index contributed by atoms with van der Waals surface area (Å²) in [5.74, 6) is 1.50. The van der Waals surface area contributed by atoms with Crippen molar-refractivity contribution >= 4 is 5.78 Å². The first-order chi connectivity index (χ1) is 9.60. The fourth-order valence-electron chi connectivity index (χ4n) is 3.24. The number of hydrogen-bond acceptors (Lipinski definition) is 1. The van der Waals surface area contributed by atoms with Gasteiger partial charge in [0.1, 0.15) is 5.78 Å². The standard InChI is InChI=1S/C19H28O/c1-4-15(3)19(20)7-5-6-16-9-11-17-12-14(2)8-10-18(17)13-16/h8,10,12,15-16H,4-7,9,11,13H2,1-3H3. The molecule has 0 bridgehead atoms. The molecule has 2 rings (SSSR count). The molecule has 2 unspecified atom stereocenters. The van der Waals surface area contributed by atoms with Crippen LogP contribution in [0.25, 0.3) is 0 Å². The first-order valence-electron chi connectivity index (χ1n) is 8.21. The topological polar surface area (TPSA) is 17.1 Å². The van der Waals surface area contributed by atoms with E-state index in [1.807, 2.05) is 0 Å². The van der Waals surface area contributed by atoms with Gasteiger partial charge in [-0.1, -0.05) is 37.6 Å². The van der Waals surface area contributed by atoms with E-state index in [0.29, 0.717) is 5.78 Å². The molecule has 110 valence electrons. The maximum atomic E-state index is 11.9. The predicted molar refractivity (Wildman–Crippen MR) is 85.0 cm³/mol. The monoisotopic (exact) mass is 272 g/mol. The summed E-state index contributed by atoms with van der Waals surface area (Å²) < 4.78 is 0. The lowest BCUT2D eigenvalue weighted by atomic mass is 9.80. The summed E-state index contributed by atoms with van der Waals surface area (Å²) in [4.78, 5) is 11.9. The lowest BCUT2D eigenvalue weighted by molar-refractivity contribution is -0.122. The Bertz CT molecular complexity index is 461. The first kappa shape index (κ1) is 15.3. The summed E-state index contributed by atoms with van der Waals surface area (Å²) in [6.45, 7) is 6.33. The summed E-state index contributed by atoms with van der Waals surface area (Å²) in [7, 11) is 0. The maximum Gasteiger partial charge on any atom is 0.135 e. The van der Waals surface area contributed by atoms with Crippen molar-refractivity contribution in [2.75, 3.05) is 0 Å². The number of rotatable bonds is 6. The van der Waals surface area contributed by atoms with E-state index in [9.17, 15) is 4.79 Å². The van der Waals surface area contributed by atoms with Crippen molar-refractivity contribution in [1.82, 2.24) is 0 Å². The Kier molecular flexibility index (Phi) is 5.39. The Morgan fingerprint density at radius 2 is 2.15 bits per heavy atom. The molecule has 20 heavy (non-hydrogen) atoms. The van der Waals surface area contributed by atoms with E-state index in [1.54, 1.807) is 11.1 Å². The molecule has 1 nitrogen and oxygen atoms in total. The zero-order valence-electron chi connectivity index (χ0n) is 13.2. The van der Waals surface area contributed by atoms with Crippen molar-refractivity contribution in [1.29, 1.82) is 0 Å². The molecule has 2 atom stereocenters. The van der Waals surface area contributed by atoms with Gasteiger partial charge in [-0.2, -0.15) is 0 Å². The van der Waals surface area contributed by atoms with E-state index in [-0.39, 0.29) is 5.92 Å². The molecule has 0 saturated carbocycles. The zero-order chi connectivity index (χ0) is 14.5. The highest BCUT2D eigenvalue weighted by atomic mass is 16.1. The Morgan fingerprint density at radius 3 is 2.90 bits per heavy atom. The predicted octanol–water partition coefficient (Wildman–Crippen LogP) is 4.89. The lowest BCUT2D eigenvalue weighted by Crippen LogP contribution is -2.15. The van der Waals surface area contributed by atoms with Gasteiger partial charge in [-0.25, -0.2) is 0 Å². The van der Waals surface area contributed by atoms with E-state index >= 15 is 0 Å². The number of ketones is 1. The number of carbonyl (C=O) groups excluding carboxylic acids is 1. The molecule has 0 N–H and O–H groups in total. The number of aryl methyl sites for hydroxylation is 2. The number of benzene rings is 1. The molecule has 1 aromatic rings. The summed E-state index contributed by atoms with van der Waals surface area (Å²) in [6.07, 6.45) is 7.80. The fourth-order valence-corrected chi connectivity index (χ4v) is 3.24. The van der Waals surface area contributed by atoms with Crippen LogP contribution in [0.2, 0.25) is 0 Å². The lowest BCUT2D eigenvalue weighted by Gasteiger charge is -2.25. The van der Waals surface area contributed by atoms with E-state index in [4.69, 9.17) is 0 Å². The molecule has 1 aliphatic rings. The average Bonchev–Trinajstić information content (AvgIpc) is 2.46. The van der Waals surface area contributed by atoms with E-state index < -0.39 is 0 Å². The van der Waals surface area contributed by atoms with Crippen molar-refractivity contribution < 1.29 is 4.79 Å². The third kappa shape index (κ3) is 3.94. The molecular weight excluding hydrogens is 244 g/mol. The van der Waals surface area contributed by atoms with Crippen LogP contribution < -0.4 is 0 Å². The van der Waals surface area contributed by atoms with Crippen LogP contribution in [0.15, 0.2) is 18.2 Å². The maximum absolute atomic E-state index is 11.9. The Morgan fingerprint density at radius 1 is 1.35 bits per heavy atom. The van der Waals surface area contributed by atoms with Gasteiger partial charge in [0.05, 0.1) is 0 Å². The van der Waals surface area contributed by atoms with Crippen molar-refractivity contribution in [3.8, 4) is 0 Å². The van der Waals surface area contributed by atoms with E-state index in [2.05, 4.69) is 39.0 Å². The smallest absolute Gasteiger partial charge is 0.135 e.